The van der Waals surface area contributed by atoms with E-state index < -0.39 is 0 Å². The predicted octanol–water partition coefficient (Wildman–Crippen LogP) is 4.10. The first kappa shape index (κ1) is 12.2. The summed E-state index contributed by atoms with van der Waals surface area (Å²) >= 11 is 5.12. The minimum Gasteiger partial charge on any atom is -0.490 e. The molecule has 1 heterocycles. The van der Waals surface area contributed by atoms with Crippen LogP contribution in [0, 0.1) is 0 Å². The van der Waals surface area contributed by atoms with Crippen LogP contribution in [-0.2, 0) is 0 Å². The molecule has 1 unspecified atom stereocenters. The third-order valence-corrected chi connectivity index (χ3v) is 4.51. The molecule has 18 heavy (non-hydrogen) atoms. The minimum atomic E-state index is -0.0877. The first-order valence-electron chi connectivity index (χ1n) is 5.98. The van der Waals surface area contributed by atoms with Crippen LogP contribution in [0.3, 0.4) is 0 Å². The van der Waals surface area contributed by atoms with Crippen molar-refractivity contribution in [1.82, 2.24) is 0 Å². The Morgan fingerprint density at radius 2 is 2.11 bits per heavy atom. The Kier molecular flexibility index (Phi) is 3.41. The molecule has 0 saturated heterocycles. The molecule has 0 radical (unpaired) electrons. The molecule has 1 saturated carbocycles. The Labute approximate surface area is 119 Å². The van der Waals surface area contributed by atoms with E-state index in [9.17, 15) is 0 Å². The van der Waals surface area contributed by atoms with E-state index >= 15 is 0 Å². The van der Waals surface area contributed by atoms with Crippen molar-refractivity contribution in [2.45, 2.75) is 25.0 Å². The van der Waals surface area contributed by atoms with Crippen LogP contribution in [0.25, 0.3) is 0 Å². The van der Waals surface area contributed by atoms with Gasteiger partial charge in [0, 0.05) is 0 Å². The molecule has 0 spiro atoms. The highest BCUT2D eigenvalue weighted by atomic mass is 79.9. The van der Waals surface area contributed by atoms with Gasteiger partial charge in [-0.2, -0.15) is 0 Å². The molecule has 2 N–H and O–H groups in total. The van der Waals surface area contributed by atoms with Crippen LogP contribution in [0.1, 0.15) is 30.0 Å². The topological polar surface area (TPSA) is 35.2 Å². The van der Waals surface area contributed by atoms with Gasteiger partial charge in [0.25, 0.3) is 0 Å². The lowest BCUT2D eigenvalue weighted by atomic mass is 10.0. The van der Waals surface area contributed by atoms with Gasteiger partial charge in [-0.05, 0) is 63.5 Å². The molecular weight excluding hydrogens is 310 g/mol. The quantitative estimate of drug-likeness (QED) is 0.919. The summed E-state index contributed by atoms with van der Waals surface area (Å²) in [6.07, 6.45) is 2.77. The van der Waals surface area contributed by atoms with Crippen LogP contribution in [0.4, 0.5) is 0 Å². The summed E-state index contributed by atoms with van der Waals surface area (Å²) in [5, 5.41) is 2.09. The van der Waals surface area contributed by atoms with Crippen LogP contribution in [0.15, 0.2) is 39.5 Å². The molecule has 1 aromatic carbocycles. The van der Waals surface area contributed by atoms with E-state index in [1.54, 1.807) is 11.3 Å². The third-order valence-electron chi connectivity index (χ3n) is 2.99. The Hall–Kier alpha value is -0.840. The zero-order valence-corrected chi connectivity index (χ0v) is 12.2. The predicted molar refractivity (Wildman–Crippen MR) is 78.1 cm³/mol. The average Bonchev–Trinajstić information content (AvgIpc) is 3.08. The lowest BCUT2D eigenvalue weighted by Gasteiger charge is -2.12. The largest absolute Gasteiger partial charge is 0.490 e. The molecular formula is C14H14BrNOS. The van der Waals surface area contributed by atoms with Gasteiger partial charge in [0.1, 0.15) is 5.75 Å². The average molecular weight is 324 g/mol. The molecule has 1 aliphatic rings. The monoisotopic (exact) mass is 323 g/mol. The van der Waals surface area contributed by atoms with Gasteiger partial charge in [-0.3, -0.25) is 0 Å². The van der Waals surface area contributed by atoms with Crippen molar-refractivity contribution in [3.63, 3.8) is 0 Å². The van der Waals surface area contributed by atoms with Gasteiger partial charge in [0.2, 0.25) is 0 Å². The number of rotatable bonds is 4. The van der Waals surface area contributed by atoms with Gasteiger partial charge in [-0.25, -0.2) is 0 Å². The highest BCUT2D eigenvalue weighted by Gasteiger charge is 2.23. The zero-order chi connectivity index (χ0) is 12.5. The Morgan fingerprint density at radius 1 is 1.28 bits per heavy atom. The normalized spacial score (nSPS) is 16.6. The second-order valence-electron chi connectivity index (χ2n) is 4.55. The first-order chi connectivity index (χ1) is 8.72. The van der Waals surface area contributed by atoms with Crippen LogP contribution >= 0.6 is 27.3 Å². The van der Waals surface area contributed by atoms with Gasteiger partial charge in [-0.1, -0.05) is 12.1 Å². The molecule has 2 nitrogen and oxygen atoms in total. The van der Waals surface area contributed by atoms with Crippen molar-refractivity contribution in [1.29, 1.82) is 0 Å². The number of nitrogens with two attached hydrogens (primary N) is 1. The molecule has 1 fully saturated rings. The fourth-order valence-electron chi connectivity index (χ4n) is 1.84. The Balaban J connectivity index is 1.81. The molecule has 94 valence electrons. The summed E-state index contributed by atoms with van der Waals surface area (Å²) in [5.74, 6) is 0.930. The maximum atomic E-state index is 6.28. The van der Waals surface area contributed by atoms with Gasteiger partial charge in [0.15, 0.2) is 0 Å². The molecule has 3 rings (SSSR count). The third kappa shape index (κ3) is 2.76. The lowest BCUT2D eigenvalue weighted by molar-refractivity contribution is 0.303. The Morgan fingerprint density at radius 3 is 2.78 bits per heavy atom. The highest BCUT2D eigenvalue weighted by Crippen LogP contribution is 2.31. The van der Waals surface area contributed by atoms with Gasteiger partial charge < -0.3 is 10.5 Å². The van der Waals surface area contributed by atoms with E-state index in [1.165, 1.54) is 12.8 Å². The summed E-state index contributed by atoms with van der Waals surface area (Å²) in [5.41, 5.74) is 8.51. The maximum Gasteiger partial charge on any atom is 0.120 e. The summed E-state index contributed by atoms with van der Waals surface area (Å²) in [7, 11) is 0. The molecule has 0 bridgehead atoms. The summed E-state index contributed by atoms with van der Waals surface area (Å²) < 4.78 is 6.90. The number of benzene rings is 1. The van der Waals surface area contributed by atoms with E-state index in [0.29, 0.717) is 6.10 Å². The molecule has 0 amide bonds. The van der Waals surface area contributed by atoms with Crippen molar-refractivity contribution in [3.8, 4) is 5.75 Å². The second kappa shape index (κ2) is 5.03. The van der Waals surface area contributed by atoms with E-state index in [2.05, 4.69) is 39.5 Å². The minimum absolute atomic E-state index is 0.0877. The molecule has 1 aromatic heterocycles. The molecule has 0 aliphatic heterocycles. The van der Waals surface area contributed by atoms with Crippen molar-refractivity contribution in [3.05, 3.63) is 50.6 Å². The number of hydrogen-bond donors (Lipinski definition) is 1. The molecule has 4 heteroatoms. The van der Waals surface area contributed by atoms with E-state index in [4.69, 9.17) is 10.5 Å². The summed E-state index contributed by atoms with van der Waals surface area (Å²) in [6.45, 7) is 0. The van der Waals surface area contributed by atoms with Crippen molar-refractivity contribution >= 4 is 27.3 Å². The first-order valence-corrected chi connectivity index (χ1v) is 7.66. The van der Waals surface area contributed by atoms with Crippen molar-refractivity contribution in [2.24, 2.45) is 5.73 Å². The number of ether oxygens (including phenoxy) is 1. The van der Waals surface area contributed by atoms with Crippen LogP contribution in [-0.4, -0.2) is 6.10 Å². The maximum absolute atomic E-state index is 6.28. The van der Waals surface area contributed by atoms with Gasteiger partial charge in [0.05, 0.1) is 15.9 Å². The van der Waals surface area contributed by atoms with E-state index in [0.717, 1.165) is 20.7 Å². The van der Waals surface area contributed by atoms with Crippen LogP contribution < -0.4 is 10.5 Å². The number of halogens is 1. The summed E-state index contributed by atoms with van der Waals surface area (Å²) in [4.78, 5) is 0. The fraction of sp³-hybridized carbons (Fsp3) is 0.286. The fourth-order valence-corrected chi connectivity index (χ4v) is 3.05. The molecule has 1 atom stereocenters. The number of thiophene rings is 1. The SMILES string of the molecule is NC(c1cccc(OC2CC2)c1)c1csc(Br)c1. The Bertz CT molecular complexity index is 550. The standard InChI is InChI=1S/C14H14BrNOS/c15-13-7-10(8-18-13)14(16)9-2-1-3-12(6-9)17-11-4-5-11/h1-3,6-8,11,14H,4-5,16H2. The molecule has 2 aromatic rings. The van der Waals surface area contributed by atoms with Crippen molar-refractivity contribution < 1.29 is 4.74 Å². The highest BCUT2D eigenvalue weighted by molar-refractivity contribution is 9.11. The van der Waals surface area contributed by atoms with E-state index in [-0.39, 0.29) is 6.04 Å². The molecule has 1 aliphatic carbocycles. The smallest absolute Gasteiger partial charge is 0.120 e. The van der Waals surface area contributed by atoms with Crippen molar-refractivity contribution in [2.75, 3.05) is 0 Å². The van der Waals surface area contributed by atoms with Gasteiger partial charge in [-0.15, -0.1) is 11.3 Å². The number of hydrogen-bond acceptors (Lipinski definition) is 3. The summed E-state index contributed by atoms with van der Waals surface area (Å²) in [6, 6.07) is 10.1. The van der Waals surface area contributed by atoms with Crippen LogP contribution in [0.5, 0.6) is 5.75 Å². The second-order valence-corrected chi connectivity index (χ2v) is 6.84. The lowest BCUT2D eigenvalue weighted by Crippen LogP contribution is -2.11. The van der Waals surface area contributed by atoms with E-state index in [1.807, 2.05) is 12.1 Å². The van der Waals surface area contributed by atoms with Gasteiger partial charge >= 0.3 is 0 Å². The zero-order valence-electron chi connectivity index (χ0n) is 9.80. The van der Waals surface area contributed by atoms with Crippen LogP contribution in [0.2, 0.25) is 0 Å².